The van der Waals surface area contributed by atoms with Crippen LogP contribution in [0.25, 0.3) is 0 Å². The van der Waals surface area contributed by atoms with Gasteiger partial charge < -0.3 is 15.6 Å². The van der Waals surface area contributed by atoms with Gasteiger partial charge in [-0.25, -0.2) is 4.39 Å². The Hall–Kier alpha value is -2.68. The van der Waals surface area contributed by atoms with E-state index in [-0.39, 0.29) is 17.3 Å². The second kappa shape index (κ2) is 7.51. The molecule has 1 aliphatic heterocycles. The van der Waals surface area contributed by atoms with Gasteiger partial charge in [0.1, 0.15) is 11.5 Å². The molecule has 0 unspecified atom stereocenters. The zero-order valence-electron chi connectivity index (χ0n) is 14.1. The van der Waals surface area contributed by atoms with Gasteiger partial charge in [-0.1, -0.05) is 6.07 Å². The Labute approximate surface area is 152 Å². The lowest BCUT2D eigenvalue weighted by Gasteiger charge is -2.23. The molecular weight excluding hydrogens is 366 g/mol. The number of ketones is 1. The first-order chi connectivity index (χ1) is 12.8. The summed E-state index contributed by atoms with van der Waals surface area (Å²) in [6, 6.07) is 3.44. The van der Waals surface area contributed by atoms with Crippen LogP contribution < -0.4 is 10.6 Å². The summed E-state index contributed by atoms with van der Waals surface area (Å²) in [4.78, 5) is 27.3. The van der Waals surface area contributed by atoms with Gasteiger partial charge in [0.15, 0.2) is 5.78 Å². The molecule has 1 saturated heterocycles. The van der Waals surface area contributed by atoms with E-state index in [1.54, 1.807) is 0 Å². The molecule has 0 spiro atoms. The predicted octanol–water partition coefficient (Wildman–Crippen LogP) is 2.89. The van der Waals surface area contributed by atoms with Crippen molar-refractivity contribution in [3.05, 3.63) is 58.7 Å². The Balaban J connectivity index is 1.82. The highest BCUT2D eigenvalue weighted by atomic mass is 19.4. The molecule has 1 aromatic heterocycles. The smallest absolute Gasteiger partial charge is 0.356 e. The molecule has 1 aromatic carbocycles. The number of halogens is 4. The molecule has 1 fully saturated rings. The van der Waals surface area contributed by atoms with Gasteiger partial charge in [0, 0.05) is 17.8 Å². The van der Waals surface area contributed by atoms with Gasteiger partial charge >= 0.3 is 6.18 Å². The van der Waals surface area contributed by atoms with E-state index in [4.69, 9.17) is 0 Å². The van der Waals surface area contributed by atoms with Crippen molar-refractivity contribution >= 4 is 11.7 Å². The van der Waals surface area contributed by atoms with Crippen molar-refractivity contribution in [2.75, 3.05) is 13.1 Å². The number of nitrogens with one attached hydrogen (secondary N) is 3. The van der Waals surface area contributed by atoms with E-state index in [1.165, 1.54) is 0 Å². The number of rotatable bonds is 4. The Kier molecular flexibility index (Phi) is 5.31. The average molecular weight is 383 g/mol. The summed E-state index contributed by atoms with van der Waals surface area (Å²) in [6.07, 6.45) is -2.27. The summed E-state index contributed by atoms with van der Waals surface area (Å²) in [5, 5.41) is 5.96. The summed E-state index contributed by atoms with van der Waals surface area (Å²) < 4.78 is 53.3. The van der Waals surface area contributed by atoms with Crippen molar-refractivity contribution in [2.45, 2.75) is 25.1 Å². The molecule has 0 saturated carbocycles. The first-order valence-electron chi connectivity index (χ1n) is 8.38. The molecule has 1 aliphatic rings. The lowest BCUT2D eigenvalue weighted by molar-refractivity contribution is -0.138. The van der Waals surface area contributed by atoms with Gasteiger partial charge in [-0.3, -0.25) is 9.59 Å². The van der Waals surface area contributed by atoms with E-state index in [2.05, 4.69) is 15.6 Å². The first-order valence-corrected chi connectivity index (χ1v) is 8.38. The minimum Gasteiger partial charge on any atom is -0.356 e. The first kappa shape index (κ1) is 19.1. The van der Waals surface area contributed by atoms with Crippen LogP contribution in [0.1, 0.15) is 44.8 Å². The fourth-order valence-corrected chi connectivity index (χ4v) is 3.02. The molecule has 5 nitrogen and oxygen atoms in total. The van der Waals surface area contributed by atoms with E-state index < -0.39 is 34.8 Å². The van der Waals surface area contributed by atoms with E-state index in [9.17, 15) is 27.2 Å². The molecule has 3 rings (SSSR count). The number of piperidine rings is 1. The largest absolute Gasteiger partial charge is 0.417 e. The Morgan fingerprint density at radius 1 is 1.15 bits per heavy atom. The van der Waals surface area contributed by atoms with Gasteiger partial charge in [-0.15, -0.1) is 0 Å². The molecular formula is C18H17F4N3O2. The maximum atomic E-state index is 14.0. The van der Waals surface area contributed by atoms with E-state index >= 15 is 0 Å². The van der Waals surface area contributed by atoms with Crippen molar-refractivity contribution in [1.82, 2.24) is 15.6 Å². The zero-order valence-corrected chi connectivity index (χ0v) is 14.1. The Morgan fingerprint density at radius 2 is 1.85 bits per heavy atom. The quantitative estimate of drug-likeness (QED) is 0.562. The molecule has 0 aliphatic carbocycles. The van der Waals surface area contributed by atoms with Crippen LogP contribution in [0.4, 0.5) is 17.6 Å². The van der Waals surface area contributed by atoms with Crippen LogP contribution in [0.5, 0.6) is 0 Å². The van der Waals surface area contributed by atoms with Crippen LogP contribution in [-0.2, 0) is 6.18 Å². The third kappa shape index (κ3) is 4.19. The van der Waals surface area contributed by atoms with Crippen LogP contribution in [0.15, 0.2) is 30.5 Å². The lowest BCUT2D eigenvalue weighted by atomic mass is 9.98. The second-order valence-corrected chi connectivity index (χ2v) is 6.29. The zero-order chi connectivity index (χ0) is 19.6. The normalized spacial score (nSPS) is 15.6. The van der Waals surface area contributed by atoms with E-state index in [1.807, 2.05) is 0 Å². The number of carbonyl (C=O) groups is 2. The summed E-state index contributed by atoms with van der Waals surface area (Å²) in [7, 11) is 0. The van der Waals surface area contributed by atoms with Crippen LogP contribution >= 0.6 is 0 Å². The Morgan fingerprint density at radius 3 is 2.52 bits per heavy atom. The van der Waals surface area contributed by atoms with Crippen molar-refractivity contribution < 1.29 is 27.2 Å². The molecule has 0 atom stereocenters. The van der Waals surface area contributed by atoms with Crippen LogP contribution in [-0.4, -0.2) is 35.8 Å². The molecule has 0 radical (unpaired) electrons. The minimum atomic E-state index is -4.88. The highest BCUT2D eigenvalue weighted by molar-refractivity contribution is 6.11. The van der Waals surface area contributed by atoms with Gasteiger partial charge in [0.25, 0.3) is 5.91 Å². The number of aromatic amines is 1. The number of amides is 1. The molecule has 1 amide bonds. The van der Waals surface area contributed by atoms with Gasteiger partial charge in [0.2, 0.25) is 0 Å². The second-order valence-electron chi connectivity index (χ2n) is 6.29. The van der Waals surface area contributed by atoms with Gasteiger partial charge in [-0.2, -0.15) is 13.2 Å². The minimum absolute atomic E-state index is 0.0235. The number of hydrogen-bond donors (Lipinski definition) is 3. The monoisotopic (exact) mass is 383 g/mol. The SMILES string of the molecule is O=C(NC1CCNCC1)c1cc(C(=O)c2c(F)cccc2C(F)(F)F)c[nH]1. The number of carbonyl (C=O) groups excluding carboxylic acids is 2. The molecule has 0 bridgehead atoms. The lowest BCUT2D eigenvalue weighted by Crippen LogP contribution is -2.42. The Bertz CT molecular complexity index is 855. The van der Waals surface area contributed by atoms with Gasteiger partial charge in [-0.05, 0) is 44.1 Å². The number of alkyl halides is 3. The van der Waals surface area contributed by atoms with Crippen LogP contribution in [0.2, 0.25) is 0 Å². The molecule has 3 N–H and O–H groups in total. The van der Waals surface area contributed by atoms with Crippen molar-refractivity contribution in [3.63, 3.8) is 0 Å². The number of H-pyrrole nitrogens is 1. The van der Waals surface area contributed by atoms with Gasteiger partial charge in [0.05, 0.1) is 11.1 Å². The number of hydrogen-bond acceptors (Lipinski definition) is 3. The topological polar surface area (TPSA) is 74.0 Å². The van der Waals surface area contributed by atoms with Crippen molar-refractivity contribution in [3.8, 4) is 0 Å². The fraction of sp³-hybridized carbons (Fsp3) is 0.333. The molecule has 27 heavy (non-hydrogen) atoms. The van der Waals surface area contributed by atoms with Crippen molar-refractivity contribution in [2.24, 2.45) is 0 Å². The van der Waals surface area contributed by atoms with Crippen LogP contribution in [0, 0.1) is 5.82 Å². The average Bonchev–Trinajstić information content (AvgIpc) is 3.11. The highest BCUT2D eigenvalue weighted by Gasteiger charge is 2.37. The maximum absolute atomic E-state index is 14.0. The van der Waals surface area contributed by atoms with E-state index in [0.717, 1.165) is 50.3 Å². The molecule has 144 valence electrons. The summed E-state index contributed by atoms with van der Waals surface area (Å²) >= 11 is 0. The molecule has 9 heteroatoms. The van der Waals surface area contributed by atoms with Crippen LogP contribution in [0.3, 0.4) is 0 Å². The highest BCUT2D eigenvalue weighted by Crippen LogP contribution is 2.34. The molecule has 2 aromatic rings. The maximum Gasteiger partial charge on any atom is 0.417 e. The summed E-state index contributed by atoms with van der Waals surface area (Å²) in [5.41, 5.74) is -2.61. The third-order valence-corrected chi connectivity index (χ3v) is 4.41. The molecule has 2 heterocycles. The third-order valence-electron chi connectivity index (χ3n) is 4.41. The number of benzene rings is 1. The van der Waals surface area contributed by atoms with Crippen molar-refractivity contribution in [1.29, 1.82) is 0 Å². The standard InChI is InChI=1S/C18H17F4N3O2/c19-13-3-1-2-12(18(20,21)22)15(13)16(26)10-8-14(24-9-10)17(27)25-11-4-6-23-7-5-11/h1-3,8-9,11,23-24H,4-7H2,(H,25,27). The summed E-state index contributed by atoms with van der Waals surface area (Å²) in [6.45, 7) is 1.54. The fourth-order valence-electron chi connectivity index (χ4n) is 3.02. The predicted molar refractivity (Wildman–Crippen MR) is 89.0 cm³/mol. The number of aromatic nitrogens is 1. The summed E-state index contributed by atoms with van der Waals surface area (Å²) in [5.74, 6) is -2.88. The van der Waals surface area contributed by atoms with E-state index in [0.29, 0.717) is 6.07 Å².